The minimum absolute atomic E-state index is 0.266. The minimum atomic E-state index is -1.17. The van der Waals surface area contributed by atoms with Crippen LogP contribution in [0.5, 0.6) is 0 Å². The smallest absolute Gasteiger partial charge is 0.341 e. The third kappa shape index (κ3) is 4.18. The monoisotopic (exact) mass is 392 g/mol. The van der Waals surface area contributed by atoms with Crippen LogP contribution in [0.15, 0.2) is 0 Å². The van der Waals surface area contributed by atoms with Crippen LogP contribution in [0.3, 0.4) is 0 Å². The number of hydrogen-bond acceptors (Lipinski definition) is 6. The number of fused-ring (bicyclic) bond motifs is 1. The Morgan fingerprint density at radius 2 is 1.89 bits per heavy atom. The Balaban J connectivity index is 1.88. The number of carbonyl (C=O) groups is 3. The maximum Gasteiger partial charge on any atom is 0.341 e. The summed E-state index contributed by atoms with van der Waals surface area (Å²) in [5.74, 6) is -2.76. The number of carboxylic acid groups (broad SMARTS) is 1. The van der Waals surface area contributed by atoms with E-state index in [1.54, 1.807) is 6.92 Å². The lowest BCUT2D eigenvalue weighted by atomic mass is 9.78. The van der Waals surface area contributed by atoms with E-state index < -0.39 is 23.8 Å². The summed E-state index contributed by atoms with van der Waals surface area (Å²) >= 11 is 1.43. The van der Waals surface area contributed by atoms with E-state index in [1.807, 2.05) is 0 Å². The van der Waals surface area contributed by atoms with Crippen molar-refractivity contribution >= 4 is 34.2 Å². The van der Waals surface area contributed by atoms with Gasteiger partial charge in [0.05, 0.1) is 12.2 Å². The van der Waals surface area contributed by atoms with E-state index >= 15 is 0 Å². The number of hydrogen-bond donors (Lipinski definition) is 1. The summed E-state index contributed by atoms with van der Waals surface area (Å²) in [6, 6.07) is 0. The molecule has 3 atom stereocenters. The van der Waals surface area contributed by atoms with Crippen LogP contribution < -0.4 is 10.4 Å². The highest BCUT2D eigenvalue weighted by Gasteiger charge is 2.34. The number of carboxylic acids is 1. The van der Waals surface area contributed by atoms with Gasteiger partial charge in [0.2, 0.25) is 5.91 Å². The Morgan fingerprint density at radius 3 is 2.56 bits per heavy atom. The zero-order chi connectivity index (χ0) is 19.6. The van der Waals surface area contributed by atoms with Gasteiger partial charge >= 0.3 is 5.97 Å². The SMILES string of the molecule is CCOC(=O)c1c(NC(=O)[C@H]2CCCC[C@H]2C(=O)[O-])sc2c1CC[C@@H](C)C2. The summed E-state index contributed by atoms with van der Waals surface area (Å²) in [5, 5.41) is 14.8. The zero-order valence-corrected chi connectivity index (χ0v) is 16.7. The van der Waals surface area contributed by atoms with E-state index in [4.69, 9.17) is 4.74 Å². The molecule has 0 bridgehead atoms. The average molecular weight is 392 g/mol. The van der Waals surface area contributed by atoms with Gasteiger partial charge in [-0.2, -0.15) is 0 Å². The average Bonchev–Trinajstić information content (AvgIpc) is 2.98. The number of carbonyl (C=O) groups excluding carboxylic acids is 3. The van der Waals surface area contributed by atoms with Crippen molar-refractivity contribution in [1.82, 2.24) is 0 Å². The van der Waals surface area contributed by atoms with E-state index in [2.05, 4.69) is 12.2 Å². The molecule has 0 spiro atoms. The number of anilines is 1. The second-order valence-corrected chi connectivity index (χ2v) is 8.69. The largest absolute Gasteiger partial charge is 0.550 e. The Morgan fingerprint density at radius 1 is 1.19 bits per heavy atom. The minimum Gasteiger partial charge on any atom is -0.550 e. The van der Waals surface area contributed by atoms with E-state index in [9.17, 15) is 19.5 Å². The van der Waals surface area contributed by atoms with Crippen molar-refractivity contribution in [3.8, 4) is 0 Å². The number of ether oxygens (including phenoxy) is 1. The van der Waals surface area contributed by atoms with Crippen LogP contribution in [0.1, 0.15) is 66.8 Å². The van der Waals surface area contributed by atoms with Crippen LogP contribution in [0.25, 0.3) is 0 Å². The number of rotatable bonds is 5. The summed E-state index contributed by atoms with van der Waals surface area (Å²) < 4.78 is 5.22. The molecule has 2 aliphatic rings. The molecule has 0 radical (unpaired) electrons. The quantitative estimate of drug-likeness (QED) is 0.777. The molecule has 0 aromatic carbocycles. The molecule has 27 heavy (non-hydrogen) atoms. The van der Waals surface area contributed by atoms with Crippen LogP contribution in [0, 0.1) is 17.8 Å². The van der Waals surface area contributed by atoms with E-state index in [-0.39, 0.29) is 12.5 Å². The molecule has 148 valence electrons. The van der Waals surface area contributed by atoms with Gasteiger partial charge < -0.3 is 20.0 Å². The Bertz CT molecular complexity index is 741. The first kappa shape index (κ1) is 19.9. The molecule has 1 amide bonds. The molecule has 1 fully saturated rings. The zero-order valence-electron chi connectivity index (χ0n) is 15.8. The maximum absolute atomic E-state index is 12.8. The van der Waals surface area contributed by atoms with Crippen molar-refractivity contribution < 1.29 is 24.2 Å². The maximum atomic E-state index is 12.8. The van der Waals surface area contributed by atoms with E-state index in [0.717, 1.165) is 42.5 Å². The molecular weight excluding hydrogens is 366 g/mol. The molecule has 0 saturated heterocycles. The molecule has 0 unspecified atom stereocenters. The number of nitrogens with one attached hydrogen (secondary N) is 1. The molecule has 1 aromatic rings. The Hall–Kier alpha value is -1.89. The summed E-state index contributed by atoms with van der Waals surface area (Å²) in [7, 11) is 0. The molecule has 7 heteroatoms. The van der Waals surface area contributed by atoms with Gasteiger partial charge in [-0.3, -0.25) is 4.79 Å². The van der Waals surface area contributed by atoms with E-state index in [1.165, 1.54) is 11.3 Å². The lowest BCUT2D eigenvalue weighted by Crippen LogP contribution is -2.42. The predicted molar refractivity (Wildman–Crippen MR) is 101 cm³/mol. The molecule has 2 aliphatic carbocycles. The van der Waals surface area contributed by atoms with Gasteiger partial charge in [0.15, 0.2) is 0 Å². The topological polar surface area (TPSA) is 95.5 Å². The number of esters is 1. The molecule has 0 aliphatic heterocycles. The number of thiophene rings is 1. The van der Waals surface area contributed by atoms with Gasteiger partial charge in [-0.25, -0.2) is 4.79 Å². The molecule has 1 saturated carbocycles. The van der Waals surface area contributed by atoms with Crippen molar-refractivity contribution in [2.24, 2.45) is 17.8 Å². The molecule has 1 aromatic heterocycles. The second kappa shape index (κ2) is 8.42. The normalized spacial score (nSPS) is 24.7. The third-order valence-electron chi connectivity index (χ3n) is 5.63. The molecule has 1 N–H and O–H groups in total. The van der Waals surface area contributed by atoms with Crippen molar-refractivity contribution in [2.75, 3.05) is 11.9 Å². The van der Waals surface area contributed by atoms with Crippen molar-refractivity contribution in [3.63, 3.8) is 0 Å². The van der Waals surface area contributed by atoms with Crippen LogP contribution in [0.4, 0.5) is 5.00 Å². The summed E-state index contributed by atoms with van der Waals surface area (Å²) in [6.45, 7) is 4.20. The number of amides is 1. The number of aliphatic carboxylic acids is 1. The standard InChI is InChI=1S/C20H27NO5S/c1-3-26-20(25)16-14-9-8-11(2)10-15(14)27-18(16)21-17(22)12-6-4-5-7-13(12)19(23)24/h11-13H,3-10H2,1-2H3,(H,21,22)(H,23,24)/p-1/t11-,12+,13-/m1/s1. The Labute approximate surface area is 163 Å². The van der Waals surface area contributed by atoms with Gasteiger partial charge in [-0.1, -0.05) is 19.8 Å². The highest BCUT2D eigenvalue weighted by molar-refractivity contribution is 7.17. The van der Waals surface area contributed by atoms with Crippen LogP contribution in [-0.2, 0) is 27.2 Å². The highest BCUT2D eigenvalue weighted by Crippen LogP contribution is 2.41. The van der Waals surface area contributed by atoms with Gasteiger partial charge in [-0.05, 0) is 50.5 Å². The molecule has 1 heterocycles. The predicted octanol–water partition coefficient (Wildman–Crippen LogP) is 2.54. The van der Waals surface area contributed by atoms with Crippen LogP contribution in [-0.4, -0.2) is 24.5 Å². The lowest BCUT2D eigenvalue weighted by Gasteiger charge is -2.31. The fourth-order valence-corrected chi connectivity index (χ4v) is 5.59. The van der Waals surface area contributed by atoms with Crippen LogP contribution in [0.2, 0.25) is 0 Å². The fraction of sp³-hybridized carbons (Fsp3) is 0.650. The molecular formula is C20H26NO5S-. The summed E-state index contributed by atoms with van der Waals surface area (Å²) in [5.41, 5.74) is 1.44. The molecule has 6 nitrogen and oxygen atoms in total. The lowest BCUT2D eigenvalue weighted by molar-refractivity contribution is -0.313. The third-order valence-corrected chi connectivity index (χ3v) is 6.80. The second-order valence-electron chi connectivity index (χ2n) is 7.58. The molecule has 3 rings (SSSR count). The first-order chi connectivity index (χ1) is 12.9. The van der Waals surface area contributed by atoms with Crippen molar-refractivity contribution in [1.29, 1.82) is 0 Å². The first-order valence-electron chi connectivity index (χ1n) is 9.75. The van der Waals surface area contributed by atoms with Crippen LogP contribution >= 0.6 is 11.3 Å². The first-order valence-corrected chi connectivity index (χ1v) is 10.6. The summed E-state index contributed by atoms with van der Waals surface area (Å²) in [6.07, 6.45) is 5.28. The van der Waals surface area contributed by atoms with Crippen molar-refractivity contribution in [3.05, 3.63) is 16.0 Å². The van der Waals surface area contributed by atoms with Gasteiger partial charge in [0.25, 0.3) is 0 Å². The summed E-state index contributed by atoms with van der Waals surface area (Å²) in [4.78, 5) is 37.9. The van der Waals surface area contributed by atoms with Gasteiger partial charge in [0, 0.05) is 22.7 Å². The van der Waals surface area contributed by atoms with E-state index in [0.29, 0.717) is 29.3 Å². The fourth-order valence-electron chi connectivity index (χ4n) is 4.19. The van der Waals surface area contributed by atoms with Gasteiger partial charge in [0.1, 0.15) is 5.00 Å². The van der Waals surface area contributed by atoms with Crippen molar-refractivity contribution in [2.45, 2.75) is 58.8 Å². The Kier molecular flexibility index (Phi) is 6.19. The van der Waals surface area contributed by atoms with Gasteiger partial charge in [-0.15, -0.1) is 11.3 Å². The highest BCUT2D eigenvalue weighted by atomic mass is 32.1.